The van der Waals surface area contributed by atoms with Crippen molar-refractivity contribution in [2.24, 2.45) is 0 Å². The summed E-state index contributed by atoms with van der Waals surface area (Å²) in [5.41, 5.74) is 2.71. The third-order valence-corrected chi connectivity index (χ3v) is 5.43. The summed E-state index contributed by atoms with van der Waals surface area (Å²) in [6.07, 6.45) is 6.52. The van der Waals surface area contributed by atoms with Crippen molar-refractivity contribution in [2.45, 2.75) is 39.5 Å². The molecule has 0 unspecified atom stereocenters. The molecule has 168 valence electrons. The molecule has 1 amide bonds. The maximum absolute atomic E-state index is 13.1. The number of amides is 1. The number of hydrogen-bond donors (Lipinski definition) is 1. The molecule has 2 aromatic heterocycles. The zero-order valence-electron chi connectivity index (χ0n) is 18.7. The predicted molar refractivity (Wildman–Crippen MR) is 123 cm³/mol. The van der Waals surface area contributed by atoms with Crippen LogP contribution in [0, 0.1) is 6.92 Å². The Morgan fingerprint density at radius 3 is 2.42 bits per heavy atom. The van der Waals surface area contributed by atoms with E-state index in [1.807, 2.05) is 26.8 Å². The fraction of sp³-hybridized carbons (Fsp3) is 0.231. The number of aromatic nitrogens is 2. The van der Waals surface area contributed by atoms with Gasteiger partial charge >= 0.3 is 0 Å². The van der Waals surface area contributed by atoms with Crippen molar-refractivity contribution in [3.8, 4) is 5.75 Å². The molecule has 0 bridgehead atoms. The first-order valence-corrected chi connectivity index (χ1v) is 10.7. The van der Waals surface area contributed by atoms with Crippen LogP contribution in [0.15, 0.2) is 72.8 Å². The van der Waals surface area contributed by atoms with E-state index in [4.69, 9.17) is 4.74 Å². The maximum atomic E-state index is 13.1. The second-order valence-electron chi connectivity index (χ2n) is 8.22. The number of pyridine rings is 2. The van der Waals surface area contributed by atoms with Gasteiger partial charge in [-0.3, -0.25) is 19.6 Å². The van der Waals surface area contributed by atoms with Crippen LogP contribution >= 0.6 is 0 Å². The Hall–Kier alpha value is -4.00. The number of likely N-dealkylation sites (tertiary alicyclic amines) is 1. The number of ether oxygens (including phenoxy) is 1. The number of Topliss-reactive ketones (excluding diaryl/α,β-unsaturated/α-hetero) is 1. The molecule has 1 N–H and O–H groups in total. The van der Waals surface area contributed by atoms with Crippen molar-refractivity contribution in [2.75, 3.05) is 0 Å². The molecule has 3 aromatic rings. The fourth-order valence-corrected chi connectivity index (χ4v) is 3.95. The molecule has 4 rings (SSSR count). The van der Waals surface area contributed by atoms with Crippen LogP contribution in [0.4, 0.5) is 0 Å². The first-order valence-electron chi connectivity index (χ1n) is 10.7. The summed E-state index contributed by atoms with van der Waals surface area (Å²) in [7, 11) is 0. The van der Waals surface area contributed by atoms with Gasteiger partial charge in [-0.15, -0.1) is 0 Å². The first-order chi connectivity index (χ1) is 15.9. The van der Waals surface area contributed by atoms with Gasteiger partial charge in [0.2, 0.25) is 0 Å². The van der Waals surface area contributed by atoms with E-state index >= 15 is 0 Å². The van der Waals surface area contributed by atoms with Crippen LogP contribution in [0.25, 0.3) is 5.76 Å². The molecule has 1 aliphatic heterocycles. The highest BCUT2D eigenvalue weighted by Gasteiger charge is 2.46. The lowest BCUT2D eigenvalue weighted by atomic mass is 9.95. The van der Waals surface area contributed by atoms with Gasteiger partial charge in [0.15, 0.2) is 0 Å². The number of nitrogens with zero attached hydrogens (tertiary/aromatic N) is 3. The zero-order valence-corrected chi connectivity index (χ0v) is 18.7. The summed E-state index contributed by atoms with van der Waals surface area (Å²) >= 11 is 0. The quantitative estimate of drug-likeness (QED) is 0.349. The van der Waals surface area contributed by atoms with E-state index in [9.17, 15) is 14.7 Å². The summed E-state index contributed by atoms with van der Waals surface area (Å²) in [5.74, 6) is -0.936. The van der Waals surface area contributed by atoms with Gasteiger partial charge in [0, 0.05) is 36.9 Å². The Kier molecular flexibility index (Phi) is 6.22. The molecule has 3 heterocycles. The van der Waals surface area contributed by atoms with E-state index in [0.29, 0.717) is 16.9 Å². The van der Waals surface area contributed by atoms with Crippen LogP contribution in [-0.2, 0) is 16.1 Å². The first kappa shape index (κ1) is 22.2. The topological polar surface area (TPSA) is 92.6 Å². The second kappa shape index (κ2) is 9.24. The lowest BCUT2D eigenvalue weighted by molar-refractivity contribution is -0.140. The van der Waals surface area contributed by atoms with Gasteiger partial charge in [-0.2, -0.15) is 0 Å². The highest BCUT2D eigenvalue weighted by Crippen LogP contribution is 2.40. The summed E-state index contributed by atoms with van der Waals surface area (Å²) < 4.78 is 5.78. The van der Waals surface area contributed by atoms with E-state index in [2.05, 4.69) is 9.97 Å². The predicted octanol–water partition coefficient (Wildman–Crippen LogP) is 4.19. The Balaban J connectivity index is 1.81. The van der Waals surface area contributed by atoms with Gasteiger partial charge in [0.05, 0.1) is 17.7 Å². The Morgan fingerprint density at radius 2 is 1.82 bits per heavy atom. The van der Waals surface area contributed by atoms with E-state index in [-0.39, 0.29) is 24.0 Å². The molecule has 1 fully saturated rings. The third kappa shape index (κ3) is 4.48. The molecule has 1 saturated heterocycles. The highest BCUT2D eigenvalue weighted by molar-refractivity contribution is 6.46. The third-order valence-electron chi connectivity index (χ3n) is 5.43. The molecule has 1 aliphatic rings. The smallest absolute Gasteiger partial charge is 0.295 e. The standard InChI is InChI=1S/C26H25N3O4/c1-16(2)33-21-9-8-19(12-17(21)3)24(30)22-23(20-7-5-11-28-14-20)29(26(32)25(22)31)15-18-6-4-10-27-13-18/h4-14,16,23,30H,15H2,1-3H3/t23-/m0/s1. The van der Waals surface area contributed by atoms with Crippen LogP contribution in [0.2, 0.25) is 0 Å². The molecule has 7 heteroatoms. The molecule has 7 nitrogen and oxygen atoms in total. The fourth-order valence-electron chi connectivity index (χ4n) is 3.95. The van der Waals surface area contributed by atoms with Crippen LogP contribution < -0.4 is 4.74 Å². The van der Waals surface area contributed by atoms with Crippen molar-refractivity contribution in [3.63, 3.8) is 0 Å². The van der Waals surface area contributed by atoms with E-state index in [1.165, 1.54) is 4.90 Å². The van der Waals surface area contributed by atoms with E-state index in [1.54, 1.807) is 61.2 Å². The number of aliphatic hydroxyl groups is 1. The van der Waals surface area contributed by atoms with Crippen LogP contribution in [-0.4, -0.2) is 37.8 Å². The number of carbonyl (C=O) groups is 2. The van der Waals surface area contributed by atoms with Crippen molar-refractivity contribution >= 4 is 17.4 Å². The number of aliphatic hydroxyl groups excluding tert-OH is 1. The lowest BCUT2D eigenvalue weighted by Crippen LogP contribution is -2.29. The van der Waals surface area contributed by atoms with Gasteiger partial charge < -0.3 is 14.7 Å². The number of carbonyl (C=O) groups excluding carboxylic acids is 2. The van der Waals surface area contributed by atoms with Crippen LogP contribution in [0.3, 0.4) is 0 Å². The molecule has 0 saturated carbocycles. The molecular weight excluding hydrogens is 418 g/mol. The van der Waals surface area contributed by atoms with Crippen molar-refractivity contribution in [3.05, 3.63) is 95.1 Å². The number of aryl methyl sites for hydroxylation is 1. The minimum atomic E-state index is -0.772. The lowest BCUT2D eigenvalue weighted by Gasteiger charge is -2.25. The van der Waals surface area contributed by atoms with Gasteiger partial charge in [-0.1, -0.05) is 12.1 Å². The second-order valence-corrected chi connectivity index (χ2v) is 8.22. The molecule has 1 aromatic carbocycles. The number of benzene rings is 1. The zero-order chi connectivity index (χ0) is 23.5. The van der Waals surface area contributed by atoms with Crippen LogP contribution in [0.5, 0.6) is 5.75 Å². The number of ketones is 1. The van der Waals surface area contributed by atoms with Crippen molar-refractivity contribution < 1.29 is 19.4 Å². The molecule has 0 spiro atoms. The average Bonchev–Trinajstić information content (AvgIpc) is 3.06. The molecule has 0 aliphatic carbocycles. The van der Waals surface area contributed by atoms with E-state index < -0.39 is 17.7 Å². The molecular formula is C26H25N3O4. The van der Waals surface area contributed by atoms with Crippen molar-refractivity contribution in [1.29, 1.82) is 0 Å². The van der Waals surface area contributed by atoms with Gasteiger partial charge in [0.1, 0.15) is 11.5 Å². The van der Waals surface area contributed by atoms with Crippen molar-refractivity contribution in [1.82, 2.24) is 14.9 Å². The Morgan fingerprint density at radius 1 is 1.09 bits per heavy atom. The van der Waals surface area contributed by atoms with Gasteiger partial charge in [-0.05, 0) is 67.8 Å². The number of rotatable bonds is 6. The summed E-state index contributed by atoms with van der Waals surface area (Å²) in [5, 5.41) is 11.2. The monoisotopic (exact) mass is 443 g/mol. The summed E-state index contributed by atoms with van der Waals surface area (Å²) in [6.45, 7) is 5.92. The minimum Gasteiger partial charge on any atom is -0.507 e. The highest BCUT2D eigenvalue weighted by atomic mass is 16.5. The average molecular weight is 444 g/mol. The normalized spacial score (nSPS) is 17.6. The maximum Gasteiger partial charge on any atom is 0.295 e. The summed E-state index contributed by atoms with van der Waals surface area (Å²) in [4.78, 5) is 35.9. The Labute approximate surface area is 192 Å². The largest absolute Gasteiger partial charge is 0.507 e. The minimum absolute atomic E-state index is 0.00604. The van der Waals surface area contributed by atoms with Crippen LogP contribution in [0.1, 0.15) is 42.1 Å². The molecule has 1 atom stereocenters. The number of hydrogen-bond acceptors (Lipinski definition) is 6. The molecule has 33 heavy (non-hydrogen) atoms. The Bertz CT molecular complexity index is 1210. The van der Waals surface area contributed by atoms with Gasteiger partial charge in [-0.25, -0.2) is 0 Å². The molecule has 0 radical (unpaired) electrons. The van der Waals surface area contributed by atoms with Gasteiger partial charge in [0.25, 0.3) is 11.7 Å². The van der Waals surface area contributed by atoms with E-state index in [0.717, 1.165) is 11.1 Å². The SMILES string of the molecule is Cc1cc(C(O)=C2C(=O)C(=O)N(Cc3cccnc3)[C@H]2c2cccnc2)ccc1OC(C)C. The summed E-state index contributed by atoms with van der Waals surface area (Å²) in [6, 6.07) is 11.6.